The van der Waals surface area contributed by atoms with Crippen LogP contribution in [0.2, 0.25) is 0 Å². The van der Waals surface area contributed by atoms with Gasteiger partial charge in [0.2, 0.25) is 0 Å². The van der Waals surface area contributed by atoms with E-state index in [1.807, 2.05) is 115 Å². The molecule has 8 nitrogen and oxygen atoms in total. The van der Waals surface area contributed by atoms with E-state index in [-0.39, 0.29) is 5.56 Å². The summed E-state index contributed by atoms with van der Waals surface area (Å²) in [6.45, 7) is 0. The normalized spacial score (nSPS) is 11.5. The Kier molecular flexibility index (Phi) is 7.26. The van der Waals surface area contributed by atoms with Crippen LogP contribution in [0.15, 0.2) is 180 Å². The van der Waals surface area contributed by atoms with Gasteiger partial charge in [-0.1, -0.05) is 97.1 Å². The highest BCUT2D eigenvalue weighted by Crippen LogP contribution is 2.36. The molecule has 0 aliphatic rings. The van der Waals surface area contributed by atoms with Crippen LogP contribution < -0.4 is 11.1 Å². The van der Waals surface area contributed by atoms with E-state index >= 15 is 0 Å². The quantitative estimate of drug-likeness (QED) is 0.178. The summed E-state index contributed by atoms with van der Waals surface area (Å²) in [6, 6.07) is 50.8. The van der Waals surface area contributed by atoms with Crippen LogP contribution >= 0.6 is 0 Å². The number of hydrogen-bond acceptors (Lipinski definition) is 6. The van der Waals surface area contributed by atoms with Crippen LogP contribution in [0.5, 0.6) is 0 Å². The molecule has 0 aliphatic heterocycles. The molecule has 0 amide bonds. The average Bonchev–Trinajstić information content (AvgIpc) is 3.53. The fourth-order valence-corrected chi connectivity index (χ4v) is 7.33. The van der Waals surface area contributed by atoms with Gasteiger partial charge in [0.15, 0.2) is 17.5 Å². The molecule has 0 saturated carbocycles. The minimum atomic E-state index is -0.392. The topological polar surface area (TPSA) is 95.6 Å². The molecule has 54 heavy (non-hydrogen) atoms. The number of nitrogens with zero attached hydrogens (tertiary/aromatic N) is 6. The molecule has 10 aromatic rings. The third kappa shape index (κ3) is 5.08. The predicted molar refractivity (Wildman–Crippen MR) is 215 cm³/mol. The van der Waals surface area contributed by atoms with Crippen LogP contribution in [0.3, 0.4) is 0 Å². The van der Waals surface area contributed by atoms with Crippen LogP contribution in [0, 0.1) is 0 Å². The first-order chi connectivity index (χ1) is 26.6. The summed E-state index contributed by atoms with van der Waals surface area (Å²) in [7, 11) is 0. The maximum absolute atomic E-state index is 14.4. The predicted octanol–water partition coefficient (Wildman–Crippen LogP) is 9.18. The summed E-state index contributed by atoms with van der Waals surface area (Å²) in [4.78, 5) is 47.5. The second-order valence-corrected chi connectivity index (χ2v) is 13.1. The summed E-state index contributed by atoms with van der Waals surface area (Å²) in [5.41, 5.74) is 5.17. The molecule has 254 valence electrons. The second kappa shape index (κ2) is 12.6. The Morgan fingerprint density at radius 2 is 0.907 bits per heavy atom. The van der Waals surface area contributed by atoms with Gasteiger partial charge >= 0.3 is 0 Å². The Morgan fingerprint density at radius 3 is 1.56 bits per heavy atom. The van der Waals surface area contributed by atoms with Crippen molar-refractivity contribution >= 4 is 43.4 Å². The Labute approximate surface area is 308 Å². The van der Waals surface area contributed by atoms with Gasteiger partial charge < -0.3 is 4.57 Å². The van der Waals surface area contributed by atoms with Gasteiger partial charge in [0.25, 0.3) is 11.1 Å². The monoisotopic (exact) mass is 696 g/mol. The third-order valence-electron chi connectivity index (χ3n) is 9.89. The summed E-state index contributed by atoms with van der Waals surface area (Å²) in [5.74, 6) is 1.76. The van der Waals surface area contributed by atoms with Gasteiger partial charge in [-0.2, -0.15) is 0 Å². The van der Waals surface area contributed by atoms with Crippen LogP contribution in [0.25, 0.3) is 88.9 Å². The summed E-state index contributed by atoms with van der Waals surface area (Å²) in [5, 5.41) is 3.98. The van der Waals surface area contributed by atoms with Gasteiger partial charge in [-0.05, 0) is 66.0 Å². The number of hydrogen-bond donors (Lipinski definition) is 0. The first-order valence-electron chi connectivity index (χ1n) is 17.6. The first-order valence-corrected chi connectivity index (χ1v) is 17.6. The van der Waals surface area contributed by atoms with Gasteiger partial charge in [0.05, 0.1) is 22.1 Å². The first kappa shape index (κ1) is 31.2. The summed E-state index contributed by atoms with van der Waals surface area (Å²) in [6.07, 6.45) is 3.26. The molecule has 0 aliphatic carbocycles. The van der Waals surface area contributed by atoms with Crippen molar-refractivity contribution in [1.29, 1.82) is 0 Å². The van der Waals surface area contributed by atoms with E-state index in [2.05, 4.69) is 33.8 Å². The summed E-state index contributed by atoms with van der Waals surface area (Å²) >= 11 is 0. The molecule has 6 aromatic carbocycles. The Bertz CT molecular complexity index is 3120. The fraction of sp³-hybridized carbons (Fsp3) is 0. The Balaban J connectivity index is 1.19. The maximum atomic E-state index is 14.4. The standard InChI is InChI=1S/C46H28N6O2/c53-45-35-24-25-47-28-39(35)36-27-41-37(26-38(36)46(54)52(45)32-16-8-3-9-17-32)34-18-10-11-19-40(34)51(41)33-22-20-31(21-23-33)44-49-42(29-12-4-1-5-13-29)48-43(50-44)30-14-6-2-7-15-30/h1-28H. The van der Waals surface area contributed by atoms with Gasteiger partial charge in [-0.15, -0.1) is 0 Å². The minimum Gasteiger partial charge on any atom is -0.309 e. The van der Waals surface area contributed by atoms with Crippen molar-refractivity contribution in [3.8, 4) is 45.5 Å². The Morgan fingerprint density at radius 1 is 0.370 bits per heavy atom. The number of pyridine rings is 1. The molecule has 4 heterocycles. The van der Waals surface area contributed by atoms with Crippen molar-refractivity contribution in [3.05, 3.63) is 191 Å². The van der Waals surface area contributed by atoms with Crippen LogP contribution in [0.4, 0.5) is 0 Å². The van der Waals surface area contributed by atoms with Crippen molar-refractivity contribution in [1.82, 2.24) is 29.1 Å². The van der Waals surface area contributed by atoms with Crippen LogP contribution in [-0.2, 0) is 0 Å². The molecule has 0 unspecified atom stereocenters. The smallest absolute Gasteiger partial charge is 0.266 e. The lowest BCUT2D eigenvalue weighted by Gasteiger charge is -2.11. The van der Waals surface area contributed by atoms with Gasteiger partial charge in [0, 0.05) is 56.3 Å². The minimum absolute atomic E-state index is 0.387. The molecule has 0 radical (unpaired) electrons. The molecule has 4 aromatic heterocycles. The molecule has 10 rings (SSSR count). The average molecular weight is 697 g/mol. The van der Waals surface area contributed by atoms with Crippen molar-refractivity contribution in [2.24, 2.45) is 0 Å². The van der Waals surface area contributed by atoms with Gasteiger partial charge in [0.1, 0.15) is 0 Å². The zero-order valence-electron chi connectivity index (χ0n) is 28.7. The highest BCUT2D eigenvalue weighted by molar-refractivity contribution is 6.17. The SMILES string of the molecule is O=c1c2ccncc2c2cc3c(cc2c(=O)n1-c1ccccc1)c1ccccc1n3-c1ccc(-c2nc(-c3ccccc3)nc(-c3ccccc3)n2)cc1. The molecule has 0 N–H and O–H groups in total. The van der Waals surface area contributed by atoms with E-state index in [0.717, 1.165) is 44.2 Å². The highest BCUT2D eigenvalue weighted by Gasteiger charge is 2.19. The van der Waals surface area contributed by atoms with Crippen molar-refractivity contribution in [2.75, 3.05) is 0 Å². The van der Waals surface area contributed by atoms with E-state index in [9.17, 15) is 9.59 Å². The highest BCUT2D eigenvalue weighted by atomic mass is 16.2. The number of fused-ring (bicyclic) bond motifs is 6. The van der Waals surface area contributed by atoms with E-state index < -0.39 is 5.56 Å². The second-order valence-electron chi connectivity index (χ2n) is 13.1. The van der Waals surface area contributed by atoms with E-state index in [4.69, 9.17) is 15.0 Å². The number of rotatable bonds is 5. The fourth-order valence-electron chi connectivity index (χ4n) is 7.33. The number of benzene rings is 6. The summed E-state index contributed by atoms with van der Waals surface area (Å²) < 4.78 is 3.46. The van der Waals surface area contributed by atoms with E-state index in [0.29, 0.717) is 44.7 Å². The molecule has 0 spiro atoms. The van der Waals surface area contributed by atoms with Crippen LogP contribution in [-0.4, -0.2) is 29.1 Å². The van der Waals surface area contributed by atoms with Crippen molar-refractivity contribution < 1.29 is 0 Å². The largest absolute Gasteiger partial charge is 0.309 e. The molecule has 0 bridgehead atoms. The van der Waals surface area contributed by atoms with Crippen LogP contribution in [0.1, 0.15) is 0 Å². The molecular formula is C46H28N6O2. The zero-order chi connectivity index (χ0) is 36.2. The molecule has 8 heteroatoms. The zero-order valence-corrected chi connectivity index (χ0v) is 28.7. The molecule has 0 saturated heterocycles. The van der Waals surface area contributed by atoms with Gasteiger partial charge in [-0.3, -0.25) is 14.6 Å². The van der Waals surface area contributed by atoms with E-state index in [1.54, 1.807) is 30.6 Å². The van der Waals surface area contributed by atoms with Crippen molar-refractivity contribution in [3.63, 3.8) is 0 Å². The molecule has 0 fully saturated rings. The maximum Gasteiger partial charge on any atom is 0.266 e. The number of para-hydroxylation sites is 2. The lowest BCUT2D eigenvalue weighted by molar-refractivity contribution is 0.976. The van der Waals surface area contributed by atoms with Crippen molar-refractivity contribution in [2.45, 2.75) is 0 Å². The van der Waals surface area contributed by atoms with E-state index in [1.165, 1.54) is 4.57 Å². The lowest BCUT2D eigenvalue weighted by Crippen LogP contribution is -2.28. The third-order valence-corrected chi connectivity index (χ3v) is 9.89. The molecular weight excluding hydrogens is 669 g/mol. The Hall–Kier alpha value is -7.58. The number of aromatic nitrogens is 6. The lowest BCUT2D eigenvalue weighted by atomic mass is 10.1. The molecule has 0 atom stereocenters. The van der Waals surface area contributed by atoms with Gasteiger partial charge in [-0.25, -0.2) is 19.5 Å².